The predicted molar refractivity (Wildman–Crippen MR) is 64.1 cm³/mol. The first-order valence-electron chi connectivity index (χ1n) is 5.38. The number of carbonyl (C=O) groups is 1. The van der Waals surface area contributed by atoms with Gasteiger partial charge in [0.15, 0.2) is 0 Å². The molecule has 2 rings (SSSR count). The number of anilines is 1. The van der Waals surface area contributed by atoms with Crippen LogP contribution in [0.5, 0.6) is 0 Å². The van der Waals surface area contributed by atoms with Crippen LogP contribution in [0, 0.1) is 0 Å². The number of hydrogen-bond donors (Lipinski definition) is 0. The van der Waals surface area contributed by atoms with Crippen LogP contribution in [0.15, 0.2) is 30.0 Å². The highest BCUT2D eigenvalue weighted by molar-refractivity contribution is 6.32. The van der Waals surface area contributed by atoms with Crippen LogP contribution in [0.4, 0.5) is 5.69 Å². The normalized spacial score (nSPS) is 17.4. The van der Waals surface area contributed by atoms with Crippen LogP contribution >= 0.6 is 0 Å². The lowest BCUT2D eigenvalue weighted by Gasteiger charge is -2.08. The minimum Gasteiger partial charge on any atom is -0.498 e. The quantitative estimate of drug-likeness (QED) is 0.562. The summed E-state index contributed by atoms with van der Waals surface area (Å²) in [5.41, 5.74) is 2.59. The van der Waals surface area contributed by atoms with Crippen molar-refractivity contribution in [2.45, 2.75) is 13.8 Å². The number of hydrogen-bond acceptors (Lipinski definition) is 2. The van der Waals surface area contributed by atoms with Crippen LogP contribution in [-0.2, 0) is 9.53 Å². The second-order valence-electron chi connectivity index (χ2n) is 3.75. The van der Waals surface area contributed by atoms with Gasteiger partial charge in [0.2, 0.25) is 0 Å². The summed E-state index contributed by atoms with van der Waals surface area (Å²) >= 11 is 0. The standard InChI is InChI=1S/C13H15NO2/c1-4-16-9(2)12-10-7-5-6-8-11(10)14(3)13(12)15/h5-8H,4H2,1-3H3. The largest absolute Gasteiger partial charge is 0.498 e. The summed E-state index contributed by atoms with van der Waals surface area (Å²) in [4.78, 5) is 13.7. The van der Waals surface area contributed by atoms with Gasteiger partial charge in [0, 0.05) is 12.6 Å². The monoisotopic (exact) mass is 217 g/mol. The third-order valence-electron chi connectivity index (χ3n) is 2.77. The Morgan fingerprint density at radius 2 is 2.06 bits per heavy atom. The van der Waals surface area contributed by atoms with Crippen LogP contribution < -0.4 is 4.90 Å². The molecular formula is C13H15NO2. The van der Waals surface area contributed by atoms with Gasteiger partial charge in [0.1, 0.15) is 5.76 Å². The molecule has 16 heavy (non-hydrogen) atoms. The summed E-state index contributed by atoms with van der Waals surface area (Å²) in [6, 6.07) is 7.76. The number of allylic oxidation sites excluding steroid dienone is 1. The molecule has 0 atom stereocenters. The van der Waals surface area contributed by atoms with Crippen molar-refractivity contribution in [3.8, 4) is 0 Å². The maximum Gasteiger partial charge on any atom is 0.262 e. The molecule has 3 heteroatoms. The first-order chi connectivity index (χ1) is 7.66. The maximum atomic E-state index is 12.1. The van der Waals surface area contributed by atoms with Crippen molar-refractivity contribution >= 4 is 17.2 Å². The average Bonchev–Trinajstić information content (AvgIpc) is 2.53. The first-order valence-corrected chi connectivity index (χ1v) is 5.38. The SMILES string of the molecule is CCOC(C)=C1C(=O)N(C)c2ccccc21. The van der Waals surface area contributed by atoms with E-state index in [1.807, 2.05) is 38.1 Å². The van der Waals surface area contributed by atoms with Crippen molar-refractivity contribution in [1.82, 2.24) is 0 Å². The fourth-order valence-electron chi connectivity index (χ4n) is 2.00. The second kappa shape index (κ2) is 4.00. The van der Waals surface area contributed by atoms with Gasteiger partial charge in [-0.15, -0.1) is 0 Å². The molecule has 0 spiro atoms. The fraction of sp³-hybridized carbons (Fsp3) is 0.308. The molecule has 1 heterocycles. The van der Waals surface area contributed by atoms with Gasteiger partial charge >= 0.3 is 0 Å². The molecule has 3 nitrogen and oxygen atoms in total. The number of fused-ring (bicyclic) bond motifs is 1. The van der Waals surface area contributed by atoms with Crippen molar-refractivity contribution in [2.75, 3.05) is 18.6 Å². The van der Waals surface area contributed by atoms with Crippen LogP contribution in [0.2, 0.25) is 0 Å². The molecule has 0 radical (unpaired) electrons. The van der Waals surface area contributed by atoms with Crippen LogP contribution in [0.25, 0.3) is 5.57 Å². The molecule has 1 aliphatic rings. The lowest BCUT2D eigenvalue weighted by Crippen LogP contribution is -2.20. The van der Waals surface area contributed by atoms with Gasteiger partial charge in [-0.1, -0.05) is 18.2 Å². The maximum absolute atomic E-state index is 12.1. The Labute approximate surface area is 95.3 Å². The molecular weight excluding hydrogens is 202 g/mol. The number of ether oxygens (including phenoxy) is 1. The molecule has 1 amide bonds. The Kier molecular flexibility index (Phi) is 2.69. The van der Waals surface area contributed by atoms with Crippen LogP contribution in [0.1, 0.15) is 19.4 Å². The van der Waals surface area contributed by atoms with Gasteiger partial charge in [-0.25, -0.2) is 0 Å². The number of nitrogens with zero attached hydrogens (tertiary/aromatic N) is 1. The summed E-state index contributed by atoms with van der Waals surface area (Å²) in [6.07, 6.45) is 0. The average molecular weight is 217 g/mol. The van der Waals surface area contributed by atoms with E-state index in [1.54, 1.807) is 11.9 Å². The van der Waals surface area contributed by atoms with Gasteiger partial charge < -0.3 is 9.64 Å². The highest BCUT2D eigenvalue weighted by Gasteiger charge is 2.31. The number of benzene rings is 1. The molecule has 0 fully saturated rings. The number of para-hydroxylation sites is 1. The lowest BCUT2D eigenvalue weighted by molar-refractivity contribution is -0.112. The number of amides is 1. The topological polar surface area (TPSA) is 29.5 Å². The van der Waals surface area contributed by atoms with E-state index < -0.39 is 0 Å². The molecule has 0 unspecified atom stereocenters. The van der Waals surface area contributed by atoms with Crippen molar-refractivity contribution in [2.24, 2.45) is 0 Å². The molecule has 0 saturated heterocycles. The van der Waals surface area contributed by atoms with Crippen molar-refractivity contribution in [1.29, 1.82) is 0 Å². The first kappa shape index (κ1) is 10.7. The predicted octanol–water partition coefficient (Wildman–Crippen LogP) is 2.43. The number of likely N-dealkylation sites (N-methyl/N-ethyl adjacent to an activating group) is 1. The fourth-order valence-corrected chi connectivity index (χ4v) is 2.00. The smallest absolute Gasteiger partial charge is 0.262 e. The zero-order valence-electron chi connectivity index (χ0n) is 9.78. The third kappa shape index (κ3) is 1.48. The lowest BCUT2D eigenvalue weighted by atomic mass is 10.1. The van der Waals surface area contributed by atoms with E-state index in [-0.39, 0.29) is 5.91 Å². The van der Waals surface area contributed by atoms with E-state index in [0.29, 0.717) is 17.9 Å². The van der Waals surface area contributed by atoms with Crippen molar-refractivity contribution in [3.05, 3.63) is 35.6 Å². The van der Waals surface area contributed by atoms with Crippen molar-refractivity contribution < 1.29 is 9.53 Å². The van der Waals surface area contributed by atoms with Gasteiger partial charge in [-0.3, -0.25) is 4.79 Å². The summed E-state index contributed by atoms with van der Waals surface area (Å²) in [5.74, 6) is 0.705. The Hall–Kier alpha value is -1.77. The summed E-state index contributed by atoms with van der Waals surface area (Å²) < 4.78 is 5.43. The van der Waals surface area contributed by atoms with Crippen LogP contribution in [-0.4, -0.2) is 19.6 Å². The zero-order valence-corrected chi connectivity index (χ0v) is 9.78. The Morgan fingerprint density at radius 3 is 2.75 bits per heavy atom. The molecule has 84 valence electrons. The minimum absolute atomic E-state index is 0.00662. The Morgan fingerprint density at radius 1 is 1.38 bits per heavy atom. The van der Waals surface area contributed by atoms with E-state index in [4.69, 9.17) is 4.74 Å². The number of carbonyl (C=O) groups excluding carboxylic acids is 1. The molecule has 1 aliphatic heterocycles. The van der Waals surface area contributed by atoms with Crippen molar-refractivity contribution in [3.63, 3.8) is 0 Å². The molecule has 0 saturated carbocycles. The highest BCUT2D eigenvalue weighted by atomic mass is 16.5. The van der Waals surface area contributed by atoms with E-state index in [2.05, 4.69) is 0 Å². The van der Waals surface area contributed by atoms with E-state index >= 15 is 0 Å². The summed E-state index contributed by atoms with van der Waals surface area (Å²) in [7, 11) is 1.79. The van der Waals surface area contributed by atoms with E-state index in [0.717, 1.165) is 11.3 Å². The summed E-state index contributed by atoms with van der Waals surface area (Å²) in [5, 5.41) is 0. The zero-order chi connectivity index (χ0) is 11.7. The molecule has 0 bridgehead atoms. The summed E-state index contributed by atoms with van der Waals surface area (Å²) in [6.45, 7) is 4.33. The molecule has 0 N–H and O–H groups in total. The van der Waals surface area contributed by atoms with Gasteiger partial charge in [-0.2, -0.15) is 0 Å². The minimum atomic E-state index is 0.00662. The van der Waals surface area contributed by atoms with Gasteiger partial charge in [0.05, 0.1) is 17.9 Å². The van der Waals surface area contributed by atoms with Gasteiger partial charge in [-0.05, 0) is 19.9 Å². The number of rotatable bonds is 2. The van der Waals surface area contributed by atoms with E-state index in [1.165, 1.54) is 0 Å². The third-order valence-corrected chi connectivity index (χ3v) is 2.77. The molecule has 0 aromatic heterocycles. The Bertz CT molecular complexity index is 463. The van der Waals surface area contributed by atoms with E-state index in [9.17, 15) is 4.79 Å². The second-order valence-corrected chi connectivity index (χ2v) is 3.75. The Balaban J connectivity index is 2.57. The molecule has 1 aromatic rings. The molecule has 1 aromatic carbocycles. The van der Waals surface area contributed by atoms with Crippen LogP contribution in [0.3, 0.4) is 0 Å². The molecule has 0 aliphatic carbocycles. The van der Waals surface area contributed by atoms with Gasteiger partial charge in [0.25, 0.3) is 5.91 Å². The highest BCUT2D eigenvalue weighted by Crippen LogP contribution is 2.37.